The number of aryl methyl sites for hydroxylation is 2. The summed E-state index contributed by atoms with van der Waals surface area (Å²) in [5.74, 6) is 1.02. The van der Waals surface area contributed by atoms with Crippen LogP contribution in [-0.2, 0) is 17.8 Å². The van der Waals surface area contributed by atoms with E-state index in [2.05, 4.69) is 16.1 Å². The van der Waals surface area contributed by atoms with Crippen LogP contribution in [0.5, 0.6) is 0 Å². The van der Waals surface area contributed by atoms with E-state index in [0.29, 0.717) is 0 Å². The molecule has 0 saturated heterocycles. The molecule has 1 atom stereocenters. The monoisotopic (exact) mass is 359 g/mol. The van der Waals surface area contributed by atoms with Crippen molar-refractivity contribution in [1.82, 2.24) is 9.55 Å². The van der Waals surface area contributed by atoms with Crippen LogP contribution in [0.25, 0.3) is 11.3 Å². The highest BCUT2D eigenvalue weighted by molar-refractivity contribution is 5.98. The largest absolute Gasteiger partial charge is 0.334 e. The molecule has 0 radical (unpaired) electrons. The van der Waals surface area contributed by atoms with Crippen molar-refractivity contribution in [2.75, 3.05) is 5.32 Å². The van der Waals surface area contributed by atoms with Crippen LogP contribution in [0.2, 0.25) is 0 Å². The van der Waals surface area contributed by atoms with Crippen LogP contribution in [0.3, 0.4) is 0 Å². The molecule has 4 rings (SSSR count). The molecule has 4 heteroatoms. The average Bonchev–Trinajstić information content (AvgIpc) is 3.14. The summed E-state index contributed by atoms with van der Waals surface area (Å²) in [6, 6.07) is 17.9. The van der Waals surface area contributed by atoms with E-state index in [1.54, 1.807) is 0 Å². The highest BCUT2D eigenvalue weighted by Crippen LogP contribution is 2.30. The van der Waals surface area contributed by atoms with Crippen molar-refractivity contribution in [3.05, 3.63) is 72.2 Å². The SMILES string of the molecule is CC[C@@H](C(=O)Nc1ccccc1-c1cn2c(n1)CCCC2)c1ccccc1. The molecule has 0 saturated carbocycles. The van der Waals surface area contributed by atoms with E-state index >= 15 is 0 Å². The fourth-order valence-electron chi connectivity index (χ4n) is 3.84. The van der Waals surface area contributed by atoms with Crippen molar-refractivity contribution in [2.45, 2.75) is 45.1 Å². The summed E-state index contributed by atoms with van der Waals surface area (Å²) >= 11 is 0. The molecule has 2 aromatic carbocycles. The molecular formula is C23H25N3O. The number of anilines is 1. The molecule has 0 aliphatic carbocycles. The van der Waals surface area contributed by atoms with Gasteiger partial charge in [-0.1, -0.05) is 55.5 Å². The van der Waals surface area contributed by atoms with E-state index < -0.39 is 0 Å². The van der Waals surface area contributed by atoms with Gasteiger partial charge in [0.1, 0.15) is 5.82 Å². The predicted molar refractivity (Wildman–Crippen MR) is 109 cm³/mol. The normalized spacial score (nSPS) is 14.4. The second-order valence-corrected chi connectivity index (χ2v) is 7.10. The zero-order chi connectivity index (χ0) is 18.6. The third-order valence-corrected chi connectivity index (χ3v) is 5.30. The number of para-hydroxylation sites is 1. The lowest BCUT2D eigenvalue weighted by Crippen LogP contribution is -2.21. The fourth-order valence-corrected chi connectivity index (χ4v) is 3.84. The van der Waals surface area contributed by atoms with Crippen molar-refractivity contribution in [1.29, 1.82) is 0 Å². The molecule has 0 bridgehead atoms. The molecule has 1 N–H and O–H groups in total. The summed E-state index contributed by atoms with van der Waals surface area (Å²) in [5, 5.41) is 3.15. The highest BCUT2D eigenvalue weighted by Gasteiger charge is 2.21. The van der Waals surface area contributed by atoms with Gasteiger partial charge in [-0.05, 0) is 30.9 Å². The van der Waals surface area contributed by atoms with E-state index in [1.165, 1.54) is 12.8 Å². The van der Waals surface area contributed by atoms with Crippen LogP contribution in [0.4, 0.5) is 5.69 Å². The lowest BCUT2D eigenvalue weighted by molar-refractivity contribution is -0.117. The summed E-state index contributed by atoms with van der Waals surface area (Å²) in [4.78, 5) is 17.8. The summed E-state index contributed by atoms with van der Waals surface area (Å²) in [5.41, 5.74) is 3.80. The van der Waals surface area contributed by atoms with Crippen molar-refractivity contribution < 1.29 is 4.79 Å². The summed E-state index contributed by atoms with van der Waals surface area (Å²) in [6.45, 7) is 3.08. The minimum absolute atomic E-state index is 0.0279. The van der Waals surface area contributed by atoms with Gasteiger partial charge in [-0.25, -0.2) is 4.98 Å². The van der Waals surface area contributed by atoms with Gasteiger partial charge in [0.2, 0.25) is 5.91 Å². The quantitative estimate of drug-likeness (QED) is 0.695. The number of imidazole rings is 1. The summed E-state index contributed by atoms with van der Waals surface area (Å²) in [6.07, 6.45) is 6.31. The van der Waals surface area contributed by atoms with E-state index in [0.717, 1.165) is 47.7 Å². The second kappa shape index (κ2) is 7.78. The number of hydrogen-bond acceptors (Lipinski definition) is 2. The van der Waals surface area contributed by atoms with Crippen molar-refractivity contribution >= 4 is 11.6 Å². The number of carbonyl (C=O) groups excluding carboxylic acids is 1. The Kier molecular flexibility index (Phi) is 5.05. The number of nitrogens with zero attached hydrogens (tertiary/aromatic N) is 2. The average molecular weight is 359 g/mol. The molecule has 27 heavy (non-hydrogen) atoms. The molecule has 1 amide bonds. The molecular weight excluding hydrogens is 334 g/mol. The van der Waals surface area contributed by atoms with Gasteiger partial charge in [0.25, 0.3) is 0 Å². The number of nitrogens with one attached hydrogen (secondary N) is 1. The van der Waals surface area contributed by atoms with Gasteiger partial charge >= 0.3 is 0 Å². The Bertz CT molecular complexity index is 906. The molecule has 4 nitrogen and oxygen atoms in total. The van der Waals surface area contributed by atoms with E-state index in [1.807, 2.05) is 61.5 Å². The van der Waals surface area contributed by atoms with Crippen LogP contribution in [0, 0.1) is 0 Å². The number of fused-ring (bicyclic) bond motifs is 1. The first kappa shape index (κ1) is 17.5. The second-order valence-electron chi connectivity index (χ2n) is 7.10. The number of carbonyl (C=O) groups is 1. The zero-order valence-electron chi connectivity index (χ0n) is 15.7. The fraction of sp³-hybridized carbons (Fsp3) is 0.304. The van der Waals surface area contributed by atoms with Crippen molar-refractivity contribution in [3.63, 3.8) is 0 Å². The Morgan fingerprint density at radius 1 is 1.11 bits per heavy atom. The Hall–Kier alpha value is -2.88. The molecule has 1 aliphatic rings. The van der Waals surface area contributed by atoms with Gasteiger partial charge in [-0.15, -0.1) is 0 Å². The third-order valence-electron chi connectivity index (χ3n) is 5.30. The van der Waals surface area contributed by atoms with E-state index in [9.17, 15) is 4.79 Å². The first-order valence-electron chi connectivity index (χ1n) is 9.77. The van der Waals surface area contributed by atoms with Crippen LogP contribution >= 0.6 is 0 Å². The standard InChI is InChI=1S/C23H25N3O/c1-2-18(17-10-4-3-5-11-17)23(27)25-20-13-7-6-12-19(20)21-16-26-15-9-8-14-22(26)24-21/h3-7,10-13,16,18H,2,8-9,14-15H2,1H3,(H,25,27)/t18-/m1/s1. The Balaban J connectivity index is 1.61. The lowest BCUT2D eigenvalue weighted by atomic mass is 9.95. The van der Waals surface area contributed by atoms with Gasteiger partial charge in [-0.2, -0.15) is 0 Å². The topological polar surface area (TPSA) is 46.9 Å². The molecule has 3 aromatic rings. The van der Waals surface area contributed by atoms with E-state index in [4.69, 9.17) is 4.98 Å². The molecule has 2 heterocycles. The first-order chi connectivity index (χ1) is 13.3. The number of hydrogen-bond donors (Lipinski definition) is 1. The van der Waals surface area contributed by atoms with Gasteiger partial charge < -0.3 is 9.88 Å². The van der Waals surface area contributed by atoms with Crippen LogP contribution in [-0.4, -0.2) is 15.5 Å². The molecule has 0 unspecified atom stereocenters. The molecule has 1 aromatic heterocycles. The maximum absolute atomic E-state index is 13.0. The highest BCUT2D eigenvalue weighted by atomic mass is 16.1. The maximum Gasteiger partial charge on any atom is 0.231 e. The lowest BCUT2D eigenvalue weighted by Gasteiger charge is -2.17. The van der Waals surface area contributed by atoms with Gasteiger partial charge in [0, 0.05) is 24.7 Å². The first-order valence-corrected chi connectivity index (χ1v) is 9.77. The maximum atomic E-state index is 13.0. The molecule has 138 valence electrons. The van der Waals surface area contributed by atoms with Gasteiger partial charge in [0.05, 0.1) is 17.3 Å². The smallest absolute Gasteiger partial charge is 0.231 e. The number of rotatable bonds is 5. The van der Waals surface area contributed by atoms with Crippen LogP contribution in [0.1, 0.15) is 43.5 Å². The Morgan fingerprint density at radius 3 is 2.67 bits per heavy atom. The number of benzene rings is 2. The van der Waals surface area contributed by atoms with Crippen LogP contribution in [0.15, 0.2) is 60.8 Å². The number of amides is 1. The predicted octanol–water partition coefficient (Wildman–Crippen LogP) is 5.02. The summed E-state index contributed by atoms with van der Waals surface area (Å²) < 4.78 is 2.25. The van der Waals surface area contributed by atoms with Gasteiger partial charge in [-0.3, -0.25) is 4.79 Å². The van der Waals surface area contributed by atoms with Crippen LogP contribution < -0.4 is 5.32 Å². The molecule has 0 fully saturated rings. The van der Waals surface area contributed by atoms with Gasteiger partial charge in [0.15, 0.2) is 0 Å². The summed E-state index contributed by atoms with van der Waals surface area (Å²) in [7, 11) is 0. The minimum atomic E-state index is -0.158. The van der Waals surface area contributed by atoms with Crippen molar-refractivity contribution in [3.8, 4) is 11.3 Å². The minimum Gasteiger partial charge on any atom is -0.334 e. The molecule has 1 aliphatic heterocycles. The zero-order valence-corrected chi connectivity index (χ0v) is 15.7. The Morgan fingerprint density at radius 2 is 1.89 bits per heavy atom. The molecule has 0 spiro atoms. The van der Waals surface area contributed by atoms with Crippen molar-refractivity contribution in [2.24, 2.45) is 0 Å². The Labute approximate surface area is 160 Å². The van der Waals surface area contributed by atoms with E-state index in [-0.39, 0.29) is 11.8 Å². The third kappa shape index (κ3) is 3.65. The number of aromatic nitrogens is 2.